The van der Waals surface area contributed by atoms with E-state index in [1.807, 2.05) is 4.90 Å². The van der Waals surface area contributed by atoms with Gasteiger partial charge in [-0.25, -0.2) is 0 Å². The number of nitrogens with one attached hydrogen (secondary N) is 1. The molecule has 1 aliphatic carbocycles. The minimum Gasteiger partial charge on any atom is -0.346 e. The molecular formula is C22H27F2N2O4PS. The summed E-state index contributed by atoms with van der Waals surface area (Å²) in [5, 5.41) is 3.33. The molecule has 0 bridgehead atoms. The third-order valence-corrected chi connectivity index (χ3v) is 8.37. The van der Waals surface area contributed by atoms with Crippen LogP contribution in [0.3, 0.4) is 0 Å². The summed E-state index contributed by atoms with van der Waals surface area (Å²) in [6.45, 7) is 3.56. The molecule has 2 heterocycles. The molecule has 4 rings (SSSR count). The molecule has 0 radical (unpaired) electrons. The van der Waals surface area contributed by atoms with E-state index >= 15 is 0 Å². The van der Waals surface area contributed by atoms with Crippen molar-refractivity contribution in [3.05, 3.63) is 34.7 Å². The van der Waals surface area contributed by atoms with Gasteiger partial charge in [-0.1, -0.05) is 19.4 Å². The Morgan fingerprint density at radius 2 is 1.97 bits per heavy atom. The summed E-state index contributed by atoms with van der Waals surface area (Å²) >= 11 is 1.16. The lowest BCUT2D eigenvalue weighted by atomic mass is 10.1. The van der Waals surface area contributed by atoms with Gasteiger partial charge in [-0.15, -0.1) is 11.3 Å². The Kier molecular flexibility index (Phi) is 6.82. The first-order valence-electron chi connectivity index (χ1n) is 10.9. The Morgan fingerprint density at radius 1 is 1.25 bits per heavy atom. The number of amides is 2. The molecule has 2 aromatic rings. The van der Waals surface area contributed by atoms with Gasteiger partial charge in [-0.2, -0.15) is 8.78 Å². The molecule has 2 fully saturated rings. The summed E-state index contributed by atoms with van der Waals surface area (Å²) in [7, 11) is -3.46. The molecule has 0 spiro atoms. The van der Waals surface area contributed by atoms with Crippen LogP contribution < -0.4 is 5.32 Å². The molecule has 3 atom stereocenters. The highest BCUT2D eigenvalue weighted by Gasteiger charge is 2.42. The van der Waals surface area contributed by atoms with Gasteiger partial charge in [0, 0.05) is 23.4 Å². The van der Waals surface area contributed by atoms with Gasteiger partial charge >= 0.3 is 5.66 Å². The van der Waals surface area contributed by atoms with Gasteiger partial charge in [0.2, 0.25) is 14.3 Å². The Morgan fingerprint density at radius 3 is 2.59 bits per heavy atom. The fraction of sp³-hybridized carbons (Fsp3) is 0.545. The van der Waals surface area contributed by atoms with Gasteiger partial charge < -0.3 is 20.0 Å². The number of hydrogen-bond acceptors (Lipinski definition) is 5. The van der Waals surface area contributed by atoms with E-state index in [2.05, 4.69) is 12.2 Å². The van der Waals surface area contributed by atoms with Crippen LogP contribution in [-0.4, -0.2) is 45.6 Å². The second-order valence-corrected chi connectivity index (χ2v) is 10.9. The van der Waals surface area contributed by atoms with Gasteiger partial charge in [0.15, 0.2) is 0 Å². The molecule has 1 saturated heterocycles. The second-order valence-electron chi connectivity index (χ2n) is 8.65. The Labute approximate surface area is 190 Å². The molecule has 2 amide bonds. The van der Waals surface area contributed by atoms with E-state index in [1.165, 1.54) is 18.2 Å². The zero-order valence-corrected chi connectivity index (χ0v) is 19.5. The lowest BCUT2D eigenvalue weighted by molar-refractivity contribution is -0.132. The highest BCUT2D eigenvalue weighted by molar-refractivity contribution is 7.46. The van der Waals surface area contributed by atoms with E-state index in [0.717, 1.165) is 43.1 Å². The van der Waals surface area contributed by atoms with Gasteiger partial charge in [-0.05, 0) is 61.1 Å². The number of nitrogens with zero attached hydrogens (tertiary/aromatic N) is 1. The van der Waals surface area contributed by atoms with Crippen molar-refractivity contribution in [3.63, 3.8) is 0 Å². The van der Waals surface area contributed by atoms with Crippen LogP contribution in [0.25, 0.3) is 10.1 Å². The maximum atomic E-state index is 14.0. The number of carbonyl (C=O) groups is 2. The predicted octanol–water partition coefficient (Wildman–Crippen LogP) is 4.40. The molecular weight excluding hydrogens is 457 g/mol. The molecule has 174 valence electrons. The maximum Gasteiger partial charge on any atom is 0.339 e. The number of alkyl halides is 2. The number of hydrogen-bond donors (Lipinski definition) is 3. The smallest absolute Gasteiger partial charge is 0.339 e. The van der Waals surface area contributed by atoms with Gasteiger partial charge in [0.1, 0.15) is 6.04 Å². The predicted molar refractivity (Wildman–Crippen MR) is 121 cm³/mol. The molecule has 6 nitrogen and oxygen atoms in total. The average Bonchev–Trinajstić information content (AvgIpc) is 3.15. The zero-order chi connectivity index (χ0) is 23.0. The van der Waals surface area contributed by atoms with Gasteiger partial charge in [0.25, 0.3) is 5.91 Å². The number of likely N-dealkylation sites (tertiary alicyclic amines) is 1. The number of rotatable bonds is 8. The van der Waals surface area contributed by atoms with E-state index in [9.17, 15) is 18.4 Å². The summed E-state index contributed by atoms with van der Waals surface area (Å²) in [5.74, 6) is 0.613. The minimum absolute atomic E-state index is 0.0418. The molecule has 1 aliphatic heterocycles. The third kappa shape index (κ3) is 4.81. The topological polar surface area (TPSA) is 89.9 Å². The first kappa shape index (κ1) is 23.5. The third-order valence-electron chi connectivity index (χ3n) is 6.49. The Bertz CT molecular complexity index is 1010. The van der Waals surface area contributed by atoms with Crippen LogP contribution in [0.4, 0.5) is 8.78 Å². The summed E-state index contributed by atoms with van der Waals surface area (Å²) in [6.07, 6.45) is 4.71. The van der Waals surface area contributed by atoms with E-state index in [4.69, 9.17) is 9.79 Å². The highest BCUT2D eigenvalue weighted by atomic mass is 32.1. The molecule has 0 unspecified atom stereocenters. The number of fused-ring (bicyclic) bond motifs is 1. The Balaban J connectivity index is 1.52. The van der Waals surface area contributed by atoms with Crippen molar-refractivity contribution in [1.82, 2.24) is 10.2 Å². The van der Waals surface area contributed by atoms with Crippen molar-refractivity contribution in [1.29, 1.82) is 0 Å². The summed E-state index contributed by atoms with van der Waals surface area (Å²) in [6, 6.07) is 4.68. The van der Waals surface area contributed by atoms with Crippen molar-refractivity contribution >= 4 is 41.6 Å². The van der Waals surface area contributed by atoms with E-state index < -0.39 is 31.6 Å². The maximum absolute atomic E-state index is 14.0. The molecule has 2 aliphatic rings. The average molecular weight is 485 g/mol. The second kappa shape index (κ2) is 9.29. The standard InChI is InChI=1S/C22H27F2N2O4PS/c1-2-13-9-14(13)11-17(21(28)26-7-3-4-8-26)25-20(27)19-12-15-10-16(5-6-18(15)32-19)22(23,24)31(29)30/h5-6,10,12-14,17,29-30H,2-4,7-9,11H2,1H3,(H,25,27)/t13-,14-,17+/m1/s1. The summed E-state index contributed by atoms with van der Waals surface area (Å²) < 4.78 is 28.6. The number of carbonyl (C=O) groups excluding carboxylic acids is 2. The zero-order valence-electron chi connectivity index (χ0n) is 17.8. The molecule has 1 aromatic carbocycles. The molecule has 1 saturated carbocycles. The van der Waals surface area contributed by atoms with Gasteiger partial charge in [0.05, 0.1) is 4.88 Å². The van der Waals surface area contributed by atoms with Crippen LogP contribution in [0.15, 0.2) is 24.3 Å². The quantitative estimate of drug-likeness (QED) is 0.485. The van der Waals surface area contributed by atoms with E-state index in [-0.39, 0.29) is 5.91 Å². The van der Waals surface area contributed by atoms with Crippen molar-refractivity contribution in [2.75, 3.05) is 13.1 Å². The van der Waals surface area contributed by atoms with Crippen LogP contribution in [0, 0.1) is 11.8 Å². The largest absolute Gasteiger partial charge is 0.346 e. The SMILES string of the molecule is CC[C@@H]1C[C@@H]1C[C@H](NC(=O)c1cc2cc(C(F)(F)P(O)O)ccc2s1)C(=O)N1CCCC1. The van der Waals surface area contributed by atoms with Crippen LogP contribution >= 0.6 is 19.7 Å². The molecule has 32 heavy (non-hydrogen) atoms. The highest BCUT2D eigenvalue weighted by Crippen LogP contribution is 2.53. The van der Waals surface area contributed by atoms with Crippen molar-refractivity contribution in [2.24, 2.45) is 11.8 Å². The van der Waals surface area contributed by atoms with Crippen LogP contribution in [0.2, 0.25) is 0 Å². The fourth-order valence-corrected chi connectivity index (χ4v) is 5.78. The fourth-order valence-electron chi connectivity index (χ4n) is 4.47. The monoisotopic (exact) mass is 484 g/mol. The first-order chi connectivity index (χ1) is 15.2. The van der Waals surface area contributed by atoms with Crippen molar-refractivity contribution in [3.8, 4) is 0 Å². The van der Waals surface area contributed by atoms with Crippen LogP contribution in [0.1, 0.15) is 54.3 Å². The van der Waals surface area contributed by atoms with Crippen LogP contribution in [-0.2, 0) is 10.5 Å². The first-order valence-corrected chi connectivity index (χ1v) is 13.0. The lowest BCUT2D eigenvalue weighted by Gasteiger charge is -2.24. The number of thiophene rings is 1. The molecule has 3 N–H and O–H groups in total. The van der Waals surface area contributed by atoms with E-state index in [1.54, 1.807) is 0 Å². The molecule has 10 heteroatoms. The van der Waals surface area contributed by atoms with E-state index in [0.29, 0.717) is 46.3 Å². The number of halogens is 2. The minimum atomic E-state index is -3.75. The van der Waals surface area contributed by atoms with Crippen molar-refractivity contribution in [2.45, 2.75) is 50.7 Å². The van der Waals surface area contributed by atoms with Gasteiger partial charge in [-0.3, -0.25) is 9.59 Å². The normalized spacial score (nSPS) is 21.9. The van der Waals surface area contributed by atoms with Crippen LogP contribution in [0.5, 0.6) is 0 Å². The lowest BCUT2D eigenvalue weighted by Crippen LogP contribution is -2.48. The molecule has 1 aromatic heterocycles. The number of benzene rings is 1. The van der Waals surface area contributed by atoms with Crippen molar-refractivity contribution < 1.29 is 28.2 Å². The Hall–Kier alpha value is -1.67. The summed E-state index contributed by atoms with van der Waals surface area (Å²) in [4.78, 5) is 46.2. The summed E-state index contributed by atoms with van der Waals surface area (Å²) in [5.41, 5.74) is -4.26.